The number of benzene rings is 1. The third kappa shape index (κ3) is 4.49. The minimum atomic E-state index is -0.490. The van der Waals surface area contributed by atoms with Crippen molar-refractivity contribution in [3.05, 3.63) is 34.1 Å². The standard InChI is InChI=1S/C15H20BrFN2O2/c16-11-2-3-13(14(17)10-11)15(20)19-7-4-12(5-8-19)21-9-1-6-18/h2-3,10,12H,1,4-9,18H2. The van der Waals surface area contributed by atoms with Crippen LogP contribution in [0.5, 0.6) is 0 Å². The highest BCUT2D eigenvalue weighted by Gasteiger charge is 2.25. The molecule has 116 valence electrons. The highest BCUT2D eigenvalue weighted by Crippen LogP contribution is 2.20. The van der Waals surface area contributed by atoms with Gasteiger partial charge in [0.25, 0.3) is 5.91 Å². The molecule has 21 heavy (non-hydrogen) atoms. The van der Waals surface area contributed by atoms with E-state index in [4.69, 9.17) is 10.5 Å². The number of carbonyl (C=O) groups excluding carboxylic acids is 1. The van der Waals surface area contributed by atoms with Gasteiger partial charge in [0.15, 0.2) is 0 Å². The Morgan fingerprint density at radius 1 is 1.43 bits per heavy atom. The fraction of sp³-hybridized carbons (Fsp3) is 0.533. The highest BCUT2D eigenvalue weighted by atomic mass is 79.9. The van der Waals surface area contributed by atoms with E-state index < -0.39 is 5.82 Å². The number of hydrogen-bond acceptors (Lipinski definition) is 3. The van der Waals surface area contributed by atoms with Crippen molar-refractivity contribution in [1.29, 1.82) is 0 Å². The average Bonchev–Trinajstić information content (AvgIpc) is 2.48. The molecule has 1 aromatic rings. The molecule has 1 aliphatic rings. The van der Waals surface area contributed by atoms with Crippen molar-refractivity contribution < 1.29 is 13.9 Å². The van der Waals surface area contributed by atoms with E-state index in [1.54, 1.807) is 11.0 Å². The van der Waals surface area contributed by atoms with Crippen LogP contribution in [0.3, 0.4) is 0 Å². The number of halogens is 2. The van der Waals surface area contributed by atoms with E-state index in [1.807, 2.05) is 0 Å². The molecular weight excluding hydrogens is 339 g/mol. The van der Waals surface area contributed by atoms with Crippen molar-refractivity contribution >= 4 is 21.8 Å². The maximum atomic E-state index is 13.8. The second-order valence-corrected chi connectivity index (χ2v) is 6.04. The highest BCUT2D eigenvalue weighted by molar-refractivity contribution is 9.10. The average molecular weight is 359 g/mol. The number of ether oxygens (including phenoxy) is 1. The molecule has 0 aliphatic carbocycles. The number of piperidine rings is 1. The van der Waals surface area contributed by atoms with Gasteiger partial charge in [0.2, 0.25) is 0 Å². The van der Waals surface area contributed by atoms with Gasteiger partial charge in [-0.25, -0.2) is 4.39 Å². The topological polar surface area (TPSA) is 55.6 Å². The van der Waals surface area contributed by atoms with Crippen LogP contribution in [0.4, 0.5) is 4.39 Å². The first-order chi connectivity index (χ1) is 10.1. The van der Waals surface area contributed by atoms with Crippen LogP contribution in [0.1, 0.15) is 29.6 Å². The Morgan fingerprint density at radius 2 is 2.14 bits per heavy atom. The van der Waals surface area contributed by atoms with Gasteiger partial charge in [-0.2, -0.15) is 0 Å². The molecule has 0 saturated carbocycles. The van der Waals surface area contributed by atoms with Crippen LogP contribution in [-0.4, -0.2) is 43.2 Å². The smallest absolute Gasteiger partial charge is 0.256 e. The van der Waals surface area contributed by atoms with Gasteiger partial charge in [0, 0.05) is 24.2 Å². The fourth-order valence-electron chi connectivity index (χ4n) is 2.39. The molecule has 0 bridgehead atoms. The summed E-state index contributed by atoms with van der Waals surface area (Å²) in [6.45, 7) is 2.49. The summed E-state index contributed by atoms with van der Waals surface area (Å²) in [5.41, 5.74) is 5.55. The molecule has 1 amide bonds. The van der Waals surface area contributed by atoms with E-state index in [0.717, 1.165) is 19.3 Å². The zero-order chi connectivity index (χ0) is 15.2. The molecule has 0 unspecified atom stereocenters. The number of rotatable bonds is 5. The molecule has 1 heterocycles. The monoisotopic (exact) mass is 358 g/mol. The van der Waals surface area contributed by atoms with E-state index in [0.29, 0.717) is 30.7 Å². The van der Waals surface area contributed by atoms with Gasteiger partial charge in [-0.15, -0.1) is 0 Å². The van der Waals surface area contributed by atoms with Crippen molar-refractivity contribution in [2.45, 2.75) is 25.4 Å². The summed E-state index contributed by atoms with van der Waals surface area (Å²) < 4.78 is 20.2. The summed E-state index contributed by atoms with van der Waals surface area (Å²) in [7, 11) is 0. The zero-order valence-corrected chi connectivity index (χ0v) is 13.4. The van der Waals surface area contributed by atoms with Gasteiger partial charge in [0.1, 0.15) is 5.82 Å². The molecule has 1 saturated heterocycles. The van der Waals surface area contributed by atoms with E-state index in [2.05, 4.69) is 15.9 Å². The maximum Gasteiger partial charge on any atom is 0.256 e. The van der Waals surface area contributed by atoms with E-state index in [1.165, 1.54) is 12.1 Å². The van der Waals surface area contributed by atoms with Gasteiger partial charge in [-0.05, 0) is 44.0 Å². The first-order valence-electron chi connectivity index (χ1n) is 7.18. The lowest BCUT2D eigenvalue weighted by Crippen LogP contribution is -2.41. The third-order valence-electron chi connectivity index (χ3n) is 3.59. The SMILES string of the molecule is NCCCOC1CCN(C(=O)c2ccc(Br)cc2F)CC1. The van der Waals surface area contributed by atoms with Crippen molar-refractivity contribution in [3.8, 4) is 0 Å². The maximum absolute atomic E-state index is 13.8. The molecule has 1 aliphatic heterocycles. The molecule has 1 fully saturated rings. The van der Waals surface area contributed by atoms with Gasteiger partial charge < -0.3 is 15.4 Å². The van der Waals surface area contributed by atoms with E-state index in [9.17, 15) is 9.18 Å². The van der Waals surface area contributed by atoms with E-state index in [-0.39, 0.29) is 17.6 Å². The minimum Gasteiger partial charge on any atom is -0.378 e. The van der Waals surface area contributed by atoms with Crippen molar-refractivity contribution in [1.82, 2.24) is 4.90 Å². The summed E-state index contributed by atoms with van der Waals surface area (Å²) >= 11 is 3.19. The normalized spacial score (nSPS) is 16.2. The number of nitrogens with zero attached hydrogens (tertiary/aromatic N) is 1. The Morgan fingerprint density at radius 3 is 2.76 bits per heavy atom. The molecular formula is C15H20BrFN2O2. The molecule has 6 heteroatoms. The van der Waals surface area contributed by atoms with Gasteiger partial charge >= 0.3 is 0 Å². The van der Waals surface area contributed by atoms with Crippen molar-refractivity contribution in [2.75, 3.05) is 26.2 Å². The summed E-state index contributed by atoms with van der Waals surface area (Å²) in [6, 6.07) is 4.51. The fourth-order valence-corrected chi connectivity index (χ4v) is 2.73. The first kappa shape index (κ1) is 16.4. The summed E-state index contributed by atoms with van der Waals surface area (Å²) in [6.07, 6.45) is 2.60. The second kappa shape index (κ2) is 7.87. The predicted octanol–water partition coefficient (Wildman–Crippen LogP) is 2.56. The molecule has 2 rings (SSSR count). The minimum absolute atomic E-state index is 0.126. The number of amides is 1. The van der Waals surface area contributed by atoms with Gasteiger partial charge in [-0.3, -0.25) is 4.79 Å². The molecule has 0 atom stereocenters. The van der Waals surface area contributed by atoms with Crippen LogP contribution in [0.25, 0.3) is 0 Å². The lowest BCUT2D eigenvalue weighted by atomic mass is 10.1. The molecule has 0 aromatic heterocycles. The molecule has 0 radical (unpaired) electrons. The molecule has 1 aromatic carbocycles. The summed E-state index contributed by atoms with van der Waals surface area (Å²) in [5, 5.41) is 0. The van der Waals surface area contributed by atoms with Gasteiger partial charge in [-0.1, -0.05) is 15.9 Å². The van der Waals surface area contributed by atoms with Crippen LogP contribution >= 0.6 is 15.9 Å². The Balaban J connectivity index is 1.88. The first-order valence-corrected chi connectivity index (χ1v) is 7.97. The molecule has 0 spiro atoms. The van der Waals surface area contributed by atoms with E-state index >= 15 is 0 Å². The van der Waals surface area contributed by atoms with Crippen LogP contribution in [0.15, 0.2) is 22.7 Å². The Kier molecular flexibility index (Phi) is 6.14. The Hall–Kier alpha value is -0.980. The second-order valence-electron chi connectivity index (χ2n) is 5.13. The quantitative estimate of drug-likeness (QED) is 0.823. The number of likely N-dealkylation sites (tertiary alicyclic amines) is 1. The van der Waals surface area contributed by atoms with Crippen LogP contribution in [0.2, 0.25) is 0 Å². The van der Waals surface area contributed by atoms with Crippen molar-refractivity contribution in [3.63, 3.8) is 0 Å². The number of hydrogen-bond donors (Lipinski definition) is 1. The summed E-state index contributed by atoms with van der Waals surface area (Å²) in [5.74, 6) is -0.740. The summed E-state index contributed by atoms with van der Waals surface area (Å²) in [4.78, 5) is 14.0. The lowest BCUT2D eigenvalue weighted by Gasteiger charge is -2.32. The largest absolute Gasteiger partial charge is 0.378 e. The predicted molar refractivity (Wildman–Crippen MR) is 82.6 cm³/mol. The van der Waals surface area contributed by atoms with Crippen LogP contribution < -0.4 is 5.73 Å². The zero-order valence-electron chi connectivity index (χ0n) is 11.9. The van der Waals surface area contributed by atoms with Gasteiger partial charge in [0.05, 0.1) is 11.7 Å². The number of nitrogens with two attached hydrogens (primary N) is 1. The Bertz CT molecular complexity index is 491. The molecule has 2 N–H and O–H groups in total. The molecule has 4 nitrogen and oxygen atoms in total. The third-order valence-corrected chi connectivity index (χ3v) is 4.09. The van der Waals surface area contributed by atoms with Crippen LogP contribution in [-0.2, 0) is 4.74 Å². The number of carbonyl (C=O) groups is 1. The van der Waals surface area contributed by atoms with Crippen molar-refractivity contribution in [2.24, 2.45) is 5.73 Å². The Labute approximate surface area is 132 Å². The van der Waals surface area contributed by atoms with Crippen LogP contribution in [0, 0.1) is 5.82 Å². The lowest BCUT2D eigenvalue weighted by molar-refractivity contribution is 0.00834.